The Morgan fingerprint density at radius 2 is 1.72 bits per heavy atom. The minimum absolute atomic E-state index is 0.392. The molecule has 0 spiro atoms. The molecule has 1 heterocycles. The van der Waals surface area contributed by atoms with Crippen LogP contribution in [0.1, 0.15) is 5.56 Å². The molecule has 1 aromatic heterocycles. The number of hydrogen-bond donors (Lipinski definition) is 1. The summed E-state index contributed by atoms with van der Waals surface area (Å²) in [7, 11) is 0. The predicted molar refractivity (Wildman–Crippen MR) is 73.6 cm³/mol. The average Bonchev–Trinajstić information content (AvgIpc) is 2.73. The van der Waals surface area contributed by atoms with E-state index in [-0.39, 0.29) is 0 Å². The Morgan fingerprint density at radius 3 is 2.56 bits per heavy atom. The van der Waals surface area contributed by atoms with Gasteiger partial charge in [-0.05, 0) is 17.7 Å². The van der Waals surface area contributed by atoms with Crippen LogP contribution in [0.25, 0.3) is 11.0 Å². The maximum atomic E-state index is 5.86. The summed E-state index contributed by atoms with van der Waals surface area (Å²) in [5.41, 5.74) is 8.63. The van der Waals surface area contributed by atoms with Gasteiger partial charge in [0, 0.05) is 0 Å². The van der Waals surface area contributed by atoms with Gasteiger partial charge in [-0.3, -0.25) is 0 Å². The zero-order chi connectivity index (χ0) is 12.4. The fourth-order valence-electron chi connectivity index (χ4n) is 1.82. The molecule has 0 saturated carbocycles. The van der Waals surface area contributed by atoms with Crippen LogP contribution in [-0.2, 0) is 0 Å². The summed E-state index contributed by atoms with van der Waals surface area (Å²) >= 11 is 0. The van der Waals surface area contributed by atoms with Gasteiger partial charge in [-0.15, -0.1) is 0 Å². The number of imidazole rings is 1. The average molecular weight is 236 g/mol. The van der Waals surface area contributed by atoms with E-state index < -0.39 is 0 Å². The highest BCUT2D eigenvalue weighted by molar-refractivity contribution is 5.82. The molecule has 0 aliphatic heterocycles. The van der Waals surface area contributed by atoms with Gasteiger partial charge in [0.15, 0.2) is 0 Å². The molecule has 0 unspecified atom stereocenters. The number of nitrogens with two attached hydrogens (primary N) is 1. The van der Waals surface area contributed by atoms with E-state index in [2.05, 4.69) is 10.1 Å². The van der Waals surface area contributed by atoms with E-state index in [0.717, 1.165) is 16.6 Å². The number of aromatic nitrogens is 2. The first-order valence-electron chi connectivity index (χ1n) is 5.67. The second kappa shape index (κ2) is 4.33. The lowest BCUT2D eigenvalue weighted by Gasteiger charge is -1.97. The zero-order valence-electron chi connectivity index (χ0n) is 9.69. The van der Waals surface area contributed by atoms with Crippen LogP contribution < -0.4 is 5.73 Å². The Balaban J connectivity index is 2.05. The van der Waals surface area contributed by atoms with Crippen LogP contribution in [0.3, 0.4) is 0 Å². The highest BCUT2D eigenvalue weighted by Crippen LogP contribution is 2.16. The van der Waals surface area contributed by atoms with Crippen molar-refractivity contribution < 1.29 is 0 Å². The van der Waals surface area contributed by atoms with E-state index in [4.69, 9.17) is 5.73 Å². The molecule has 18 heavy (non-hydrogen) atoms. The van der Waals surface area contributed by atoms with Crippen molar-refractivity contribution in [3.8, 4) is 0 Å². The van der Waals surface area contributed by atoms with Gasteiger partial charge in [-0.1, -0.05) is 42.5 Å². The molecule has 4 nitrogen and oxygen atoms in total. The molecule has 0 fully saturated rings. The smallest absolute Gasteiger partial charge is 0.222 e. The van der Waals surface area contributed by atoms with E-state index in [1.165, 1.54) is 0 Å². The lowest BCUT2D eigenvalue weighted by Crippen LogP contribution is -1.97. The van der Waals surface area contributed by atoms with Crippen molar-refractivity contribution in [2.45, 2.75) is 0 Å². The van der Waals surface area contributed by atoms with Gasteiger partial charge < -0.3 is 5.73 Å². The molecule has 3 aromatic rings. The molecule has 88 valence electrons. The van der Waals surface area contributed by atoms with Crippen molar-refractivity contribution in [2.75, 3.05) is 5.73 Å². The van der Waals surface area contributed by atoms with E-state index in [1.807, 2.05) is 54.6 Å². The first kappa shape index (κ1) is 10.5. The molecule has 4 heteroatoms. The third-order valence-electron chi connectivity index (χ3n) is 2.68. The standard InChI is InChI=1S/C14H12N4/c15-14-17-12-8-4-5-9-13(12)18(14)16-10-11-6-2-1-3-7-11/h1-10H,(H2,15,17)/b16-10-. The van der Waals surface area contributed by atoms with Crippen LogP contribution in [0.2, 0.25) is 0 Å². The van der Waals surface area contributed by atoms with Crippen molar-refractivity contribution in [1.29, 1.82) is 0 Å². The molecule has 0 atom stereocenters. The summed E-state index contributed by atoms with van der Waals surface area (Å²) < 4.78 is 1.64. The normalized spacial score (nSPS) is 11.3. The summed E-state index contributed by atoms with van der Waals surface area (Å²) in [5.74, 6) is 0.392. The third kappa shape index (κ3) is 1.84. The molecule has 0 radical (unpaired) electrons. The predicted octanol–water partition coefficient (Wildman–Crippen LogP) is 2.50. The van der Waals surface area contributed by atoms with Crippen LogP contribution >= 0.6 is 0 Å². The largest absolute Gasteiger partial charge is 0.368 e. The van der Waals surface area contributed by atoms with E-state index in [0.29, 0.717) is 5.95 Å². The van der Waals surface area contributed by atoms with Gasteiger partial charge in [0.05, 0.1) is 17.2 Å². The van der Waals surface area contributed by atoms with Crippen molar-refractivity contribution >= 4 is 23.2 Å². The zero-order valence-corrected chi connectivity index (χ0v) is 9.69. The fourth-order valence-corrected chi connectivity index (χ4v) is 1.82. The number of fused-ring (bicyclic) bond motifs is 1. The van der Waals surface area contributed by atoms with Gasteiger partial charge in [-0.2, -0.15) is 9.78 Å². The van der Waals surface area contributed by atoms with Gasteiger partial charge in [0.1, 0.15) is 0 Å². The highest BCUT2D eigenvalue weighted by atomic mass is 15.4. The molecule has 0 saturated heterocycles. The summed E-state index contributed by atoms with van der Waals surface area (Å²) in [6.07, 6.45) is 1.77. The lowest BCUT2D eigenvalue weighted by atomic mass is 10.2. The number of nitrogens with zero attached hydrogens (tertiary/aromatic N) is 3. The highest BCUT2D eigenvalue weighted by Gasteiger charge is 2.05. The number of nitrogen functional groups attached to an aromatic ring is 1. The molecular weight excluding hydrogens is 224 g/mol. The summed E-state index contributed by atoms with van der Waals surface area (Å²) in [6, 6.07) is 17.6. The SMILES string of the molecule is Nc1nc2ccccc2n1/N=C\c1ccccc1. The molecule has 0 bridgehead atoms. The number of para-hydroxylation sites is 2. The second-order valence-corrected chi connectivity index (χ2v) is 3.93. The number of rotatable bonds is 2. The van der Waals surface area contributed by atoms with Gasteiger partial charge >= 0.3 is 0 Å². The number of anilines is 1. The van der Waals surface area contributed by atoms with E-state index >= 15 is 0 Å². The Hall–Kier alpha value is -2.62. The van der Waals surface area contributed by atoms with Gasteiger partial charge in [0.2, 0.25) is 5.95 Å². The fraction of sp³-hybridized carbons (Fsp3) is 0. The maximum absolute atomic E-state index is 5.86. The van der Waals surface area contributed by atoms with Crippen LogP contribution in [0, 0.1) is 0 Å². The molecule has 2 aromatic carbocycles. The van der Waals surface area contributed by atoms with Gasteiger partial charge in [-0.25, -0.2) is 4.98 Å². The molecular formula is C14H12N4. The topological polar surface area (TPSA) is 56.2 Å². The summed E-state index contributed by atoms with van der Waals surface area (Å²) in [6.45, 7) is 0. The van der Waals surface area contributed by atoms with Crippen LogP contribution in [0.4, 0.5) is 5.95 Å². The quantitative estimate of drug-likeness (QED) is 0.695. The first-order chi connectivity index (χ1) is 8.84. The van der Waals surface area contributed by atoms with E-state index in [9.17, 15) is 0 Å². The molecule has 0 aliphatic carbocycles. The summed E-state index contributed by atoms with van der Waals surface area (Å²) in [5, 5.41) is 4.37. The minimum Gasteiger partial charge on any atom is -0.368 e. The van der Waals surface area contributed by atoms with Crippen molar-refractivity contribution in [1.82, 2.24) is 9.66 Å². The molecule has 0 aliphatic rings. The molecule has 0 amide bonds. The Kier molecular flexibility index (Phi) is 2.53. The van der Waals surface area contributed by atoms with E-state index in [1.54, 1.807) is 10.9 Å². The second-order valence-electron chi connectivity index (χ2n) is 3.93. The first-order valence-corrected chi connectivity index (χ1v) is 5.67. The monoisotopic (exact) mass is 236 g/mol. The van der Waals surface area contributed by atoms with Crippen LogP contribution in [0.15, 0.2) is 59.7 Å². The minimum atomic E-state index is 0.392. The van der Waals surface area contributed by atoms with Crippen molar-refractivity contribution in [3.05, 3.63) is 60.2 Å². The Bertz CT molecular complexity index is 698. The van der Waals surface area contributed by atoms with Crippen molar-refractivity contribution in [3.63, 3.8) is 0 Å². The molecule has 3 rings (SSSR count). The Labute approximate surface area is 104 Å². The molecule has 2 N–H and O–H groups in total. The lowest BCUT2D eigenvalue weighted by molar-refractivity contribution is 0.931. The van der Waals surface area contributed by atoms with Crippen LogP contribution in [-0.4, -0.2) is 15.9 Å². The summed E-state index contributed by atoms with van der Waals surface area (Å²) in [4.78, 5) is 4.25. The van der Waals surface area contributed by atoms with Crippen molar-refractivity contribution in [2.24, 2.45) is 5.10 Å². The third-order valence-corrected chi connectivity index (χ3v) is 2.68. The Morgan fingerprint density at radius 1 is 1.00 bits per heavy atom. The number of benzene rings is 2. The van der Waals surface area contributed by atoms with Crippen LogP contribution in [0.5, 0.6) is 0 Å². The maximum Gasteiger partial charge on any atom is 0.222 e. The number of hydrogen-bond acceptors (Lipinski definition) is 3. The van der Waals surface area contributed by atoms with Gasteiger partial charge in [0.25, 0.3) is 0 Å².